The Morgan fingerprint density at radius 3 is 1.91 bits per heavy atom. The van der Waals surface area contributed by atoms with Gasteiger partial charge in [0.2, 0.25) is 5.95 Å². The molecule has 0 fully saturated rings. The second kappa shape index (κ2) is 9.21. The van der Waals surface area contributed by atoms with E-state index in [-0.39, 0.29) is 0 Å². The lowest BCUT2D eigenvalue weighted by atomic mass is 10.0. The molecule has 5 aromatic heterocycles. The number of hydrogen-bond donors (Lipinski definition) is 0. The van der Waals surface area contributed by atoms with Crippen LogP contribution in [-0.2, 0) is 0 Å². The fraction of sp³-hybridized carbons (Fsp3) is 0. The predicted molar refractivity (Wildman–Crippen MR) is 200 cm³/mol. The van der Waals surface area contributed by atoms with Crippen LogP contribution in [0.1, 0.15) is 0 Å². The van der Waals surface area contributed by atoms with Crippen LogP contribution in [0.5, 0.6) is 0 Å². The van der Waals surface area contributed by atoms with Crippen LogP contribution in [-0.4, -0.2) is 14.5 Å². The van der Waals surface area contributed by atoms with E-state index in [1.165, 1.54) is 66.7 Å². The molecule has 0 aliphatic heterocycles. The van der Waals surface area contributed by atoms with Gasteiger partial charge in [0.1, 0.15) is 4.83 Å². The van der Waals surface area contributed by atoms with Gasteiger partial charge in [-0.15, -0.1) is 34.0 Å². The van der Waals surface area contributed by atoms with Crippen LogP contribution < -0.4 is 0 Å². The van der Waals surface area contributed by atoms with Gasteiger partial charge in [-0.1, -0.05) is 97.1 Å². The average molecular weight is 640 g/mol. The Bertz CT molecular complexity index is 3050. The highest BCUT2D eigenvalue weighted by Crippen LogP contribution is 2.46. The molecule has 46 heavy (non-hydrogen) atoms. The predicted octanol–water partition coefficient (Wildman–Crippen LogP) is 12.3. The van der Waals surface area contributed by atoms with E-state index in [4.69, 9.17) is 9.97 Å². The van der Waals surface area contributed by atoms with Crippen molar-refractivity contribution in [2.75, 3.05) is 0 Å². The summed E-state index contributed by atoms with van der Waals surface area (Å²) < 4.78 is 8.67. The van der Waals surface area contributed by atoms with E-state index in [0.717, 1.165) is 27.0 Å². The van der Waals surface area contributed by atoms with Gasteiger partial charge in [-0.25, -0.2) is 9.97 Å². The average Bonchev–Trinajstić information content (AvgIpc) is 3.86. The number of nitrogens with zero attached hydrogens (tertiary/aromatic N) is 3. The normalized spacial score (nSPS) is 12.3. The topological polar surface area (TPSA) is 30.7 Å². The van der Waals surface area contributed by atoms with Crippen LogP contribution in [0, 0.1) is 0 Å². The van der Waals surface area contributed by atoms with E-state index in [1.807, 2.05) is 22.7 Å². The van der Waals surface area contributed by atoms with Crippen LogP contribution in [0.4, 0.5) is 0 Å². The molecule has 0 bridgehead atoms. The zero-order chi connectivity index (χ0) is 29.9. The third kappa shape index (κ3) is 3.30. The van der Waals surface area contributed by atoms with Gasteiger partial charge in [-0.3, -0.25) is 4.57 Å². The molecule has 3 nitrogen and oxygen atoms in total. The summed E-state index contributed by atoms with van der Waals surface area (Å²) in [5.74, 6) is 0.709. The Morgan fingerprint density at radius 2 is 1.09 bits per heavy atom. The Hall–Kier alpha value is -5.14. The first kappa shape index (κ1) is 25.1. The quantitative estimate of drug-likeness (QED) is 0.188. The fourth-order valence-electron chi connectivity index (χ4n) is 7.31. The molecule has 11 rings (SSSR count). The van der Waals surface area contributed by atoms with Crippen molar-refractivity contribution in [3.8, 4) is 17.2 Å². The van der Waals surface area contributed by atoms with Crippen LogP contribution in [0.25, 0.3) is 99.7 Å². The van der Waals surface area contributed by atoms with Gasteiger partial charge in [-0.05, 0) is 30.3 Å². The summed E-state index contributed by atoms with van der Waals surface area (Å²) >= 11 is 5.45. The molecular formula is C40H21N3S3. The summed E-state index contributed by atoms with van der Waals surface area (Å²) in [6, 6.07) is 46.0. The van der Waals surface area contributed by atoms with Crippen molar-refractivity contribution < 1.29 is 0 Å². The minimum Gasteiger partial charge on any atom is -0.277 e. The second-order valence-corrected chi connectivity index (χ2v) is 14.9. The van der Waals surface area contributed by atoms with Crippen LogP contribution in [0.15, 0.2) is 127 Å². The smallest absolute Gasteiger partial charge is 0.236 e. The van der Waals surface area contributed by atoms with Crippen LogP contribution in [0.2, 0.25) is 0 Å². The summed E-state index contributed by atoms with van der Waals surface area (Å²) in [4.78, 5) is 12.0. The van der Waals surface area contributed by atoms with Crippen molar-refractivity contribution in [1.82, 2.24) is 14.5 Å². The number of aromatic nitrogens is 3. The highest BCUT2D eigenvalue weighted by molar-refractivity contribution is 7.27. The van der Waals surface area contributed by atoms with Gasteiger partial charge < -0.3 is 0 Å². The number of hydrogen-bond acceptors (Lipinski definition) is 5. The zero-order valence-corrected chi connectivity index (χ0v) is 26.6. The zero-order valence-electron chi connectivity index (χ0n) is 24.2. The van der Waals surface area contributed by atoms with Gasteiger partial charge >= 0.3 is 0 Å². The van der Waals surface area contributed by atoms with Crippen molar-refractivity contribution in [3.63, 3.8) is 0 Å². The lowest BCUT2D eigenvalue weighted by Crippen LogP contribution is -2.03. The molecule has 0 amide bonds. The Labute approximate surface area is 274 Å². The molecule has 0 radical (unpaired) electrons. The summed E-state index contributed by atoms with van der Waals surface area (Å²) in [6.07, 6.45) is 0. The highest BCUT2D eigenvalue weighted by atomic mass is 32.1. The molecule has 214 valence electrons. The van der Waals surface area contributed by atoms with Crippen molar-refractivity contribution in [1.29, 1.82) is 0 Å². The number of para-hydroxylation sites is 1. The Morgan fingerprint density at radius 1 is 0.435 bits per heavy atom. The van der Waals surface area contributed by atoms with E-state index in [9.17, 15) is 0 Å². The number of fused-ring (bicyclic) bond motifs is 13. The molecule has 0 spiro atoms. The molecule has 0 N–H and O–H groups in total. The van der Waals surface area contributed by atoms with E-state index >= 15 is 0 Å². The molecule has 5 heterocycles. The standard InChI is InChI=1S/C40H21N3S3/c1-5-16-29-22(10-1)24-20-21-33-34(26-12-3-7-18-31(26)44-33)37(24)43(29)40-41-36(35-27-13-4-8-19-32(27)46-39(35)42-40)28-15-9-14-25-23-11-2-6-17-30(23)45-38(25)28/h1-21H. The molecule has 6 aromatic carbocycles. The van der Waals surface area contributed by atoms with Crippen LogP contribution >= 0.6 is 34.0 Å². The SMILES string of the molecule is c1ccc2c(c1)sc1c(-c3nc(-n4c5ccccc5c5ccc6sc7ccccc7c6c54)nc4sc5ccccc5c34)cccc12. The summed E-state index contributed by atoms with van der Waals surface area (Å²) in [7, 11) is 0. The maximum Gasteiger partial charge on any atom is 0.236 e. The number of benzene rings is 6. The summed E-state index contributed by atoms with van der Waals surface area (Å²) in [5.41, 5.74) is 4.43. The maximum atomic E-state index is 5.60. The van der Waals surface area contributed by atoms with Gasteiger partial charge in [0.25, 0.3) is 0 Å². The fourth-order valence-corrected chi connectivity index (χ4v) is 10.7. The number of thiophene rings is 3. The number of rotatable bonds is 2. The van der Waals surface area contributed by atoms with E-state index in [0.29, 0.717) is 5.95 Å². The van der Waals surface area contributed by atoms with Crippen molar-refractivity contribution in [2.24, 2.45) is 0 Å². The minimum absolute atomic E-state index is 0.709. The van der Waals surface area contributed by atoms with E-state index < -0.39 is 0 Å². The van der Waals surface area contributed by atoms with Crippen LogP contribution in [0.3, 0.4) is 0 Å². The van der Waals surface area contributed by atoms with Crippen molar-refractivity contribution in [3.05, 3.63) is 127 Å². The molecule has 0 aliphatic rings. The molecular weight excluding hydrogens is 619 g/mol. The first-order valence-corrected chi connectivity index (χ1v) is 17.7. The van der Waals surface area contributed by atoms with E-state index in [2.05, 4.69) is 132 Å². The molecule has 0 saturated heterocycles. The van der Waals surface area contributed by atoms with Gasteiger partial charge in [-0.2, -0.15) is 0 Å². The Kier molecular flexibility index (Phi) is 5.02. The molecule has 6 heteroatoms. The van der Waals surface area contributed by atoms with Crippen molar-refractivity contribution in [2.45, 2.75) is 0 Å². The largest absolute Gasteiger partial charge is 0.277 e. The van der Waals surface area contributed by atoms with Gasteiger partial charge in [0.15, 0.2) is 0 Å². The highest BCUT2D eigenvalue weighted by Gasteiger charge is 2.23. The molecule has 0 unspecified atom stereocenters. The summed E-state index contributed by atoms with van der Waals surface area (Å²) in [5, 5.41) is 9.87. The Balaban J connectivity index is 1.34. The van der Waals surface area contributed by atoms with Crippen molar-refractivity contribution >= 4 is 116 Å². The maximum absolute atomic E-state index is 5.60. The molecule has 11 aromatic rings. The monoisotopic (exact) mass is 639 g/mol. The third-order valence-corrected chi connectivity index (χ3v) is 12.7. The second-order valence-electron chi connectivity index (χ2n) is 11.7. The first-order chi connectivity index (χ1) is 22.8. The first-order valence-electron chi connectivity index (χ1n) is 15.3. The third-order valence-electron chi connectivity index (χ3n) is 9.26. The lowest BCUT2D eigenvalue weighted by Gasteiger charge is -2.11. The molecule has 0 saturated carbocycles. The molecule has 0 atom stereocenters. The van der Waals surface area contributed by atoms with Gasteiger partial charge in [0, 0.05) is 72.2 Å². The van der Waals surface area contributed by atoms with E-state index in [1.54, 1.807) is 11.3 Å². The van der Waals surface area contributed by atoms with Gasteiger partial charge in [0.05, 0.1) is 16.7 Å². The minimum atomic E-state index is 0.709. The lowest BCUT2D eigenvalue weighted by molar-refractivity contribution is 1.02. The summed E-state index contributed by atoms with van der Waals surface area (Å²) in [6.45, 7) is 0. The molecule has 0 aliphatic carbocycles.